The first-order valence-electron chi connectivity index (χ1n) is 5.30. The standard InChI is InChI=1S/C10H16N4O/c11-9-5-14(7-12-9)6-10(15)13-8-3-1-2-4-8/h5,7-8H,1-4,6,11H2,(H,13,15). The molecule has 0 aromatic carbocycles. The number of hydrogen-bond donors (Lipinski definition) is 2. The second-order valence-electron chi connectivity index (χ2n) is 4.02. The summed E-state index contributed by atoms with van der Waals surface area (Å²) >= 11 is 0. The monoisotopic (exact) mass is 208 g/mol. The lowest BCUT2D eigenvalue weighted by atomic mass is 10.2. The Kier molecular flexibility index (Phi) is 2.89. The van der Waals surface area contributed by atoms with Gasteiger partial charge in [0.15, 0.2) is 0 Å². The molecule has 0 atom stereocenters. The molecule has 0 spiro atoms. The van der Waals surface area contributed by atoms with Crippen LogP contribution in [0, 0.1) is 0 Å². The van der Waals surface area contributed by atoms with Crippen molar-refractivity contribution in [1.29, 1.82) is 0 Å². The third-order valence-electron chi connectivity index (χ3n) is 2.70. The number of nitrogens with one attached hydrogen (secondary N) is 1. The van der Waals surface area contributed by atoms with Crippen molar-refractivity contribution < 1.29 is 4.79 Å². The van der Waals surface area contributed by atoms with Crippen molar-refractivity contribution in [2.45, 2.75) is 38.3 Å². The van der Waals surface area contributed by atoms with Gasteiger partial charge >= 0.3 is 0 Å². The highest BCUT2D eigenvalue weighted by molar-refractivity contribution is 5.76. The van der Waals surface area contributed by atoms with Crippen molar-refractivity contribution in [3.63, 3.8) is 0 Å². The first-order chi connectivity index (χ1) is 7.24. The van der Waals surface area contributed by atoms with Crippen LogP contribution in [0.5, 0.6) is 0 Å². The minimum absolute atomic E-state index is 0.0410. The number of anilines is 1. The predicted octanol–water partition coefficient (Wildman–Crippen LogP) is 0.524. The average molecular weight is 208 g/mol. The molecule has 3 N–H and O–H groups in total. The Labute approximate surface area is 88.7 Å². The number of nitrogen functional groups attached to an aromatic ring is 1. The summed E-state index contributed by atoms with van der Waals surface area (Å²) in [5, 5.41) is 3.01. The molecule has 82 valence electrons. The SMILES string of the molecule is Nc1cn(CC(=O)NC2CCCC2)cn1. The summed E-state index contributed by atoms with van der Waals surface area (Å²) in [6.45, 7) is 0.306. The molecule has 15 heavy (non-hydrogen) atoms. The van der Waals surface area contributed by atoms with Gasteiger partial charge in [0.05, 0.1) is 6.33 Å². The summed E-state index contributed by atoms with van der Waals surface area (Å²) in [7, 11) is 0. The van der Waals surface area contributed by atoms with E-state index in [2.05, 4.69) is 10.3 Å². The minimum Gasteiger partial charge on any atom is -0.382 e. The third-order valence-corrected chi connectivity index (χ3v) is 2.70. The molecule has 2 rings (SSSR count). The molecule has 0 saturated heterocycles. The first kappa shape index (κ1) is 10.0. The van der Waals surface area contributed by atoms with Crippen LogP contribution in [0.4, 0.5) is 5.82 Å². The molecule has 1 aliphatic carbocycles. The Morgan fingerprint density at radius 3 is 2.93 bits per heavy atom. The van der Waals surface area contributed by atoms with Crippen molar-refractivity contribution in [3.8, 4) is 0 Å². The van der Waals surface area contributed by atoms with Gasteiger partial charge in [-0.3, -0.25) is 4.79 Å². The maximum atomic E-state index is 11.6. The number of nitrogens with zero attached hydrogens (tertiary/aromatic N) is 2. The fraction of sp³-hybridized carbons (Fsp3) is 0.600. The van der Waals surface area contributed by atoms with E-state index in [1.54, 1.807) is 17.1 Å². The van der Waals surface area contributed by atoms with E-state index in [0.29, 0.717) is 18.4 Å². The first-order valence-corrected chi connectivity index (χ1v) is 5.30. The number of imidazole rings is 1. The molecular formula is C10H16N4O. The normalized spacial score (nSPS) is 16.8. The van der Waals surface area contributed by atoms with Gasteiger partial charge in [-0.1, -0.05) is 12.8 Å². The van der Waals surface area contributed by atoms with E-state index in [-0.39, 0.29) is 5.91 Å². The van der Waals surface area contributed by atoms with Crippen molar-refractivity contribution in [1.82, 2.24) is 14.9 Å². The van der Waals surface area contributed by atoms with Crippen LogP contribution in [0.15, 0.2) is 12.5 Å². The maximum Gasteiger partial charge on any atom is 0.240 e. The minimum atomic E-state index is 0.0410. The number of amides is 1. The van der Waals surface area contributed by atoms with Crippen LogP contribution in [0.2, 0.25) is 0 Å². The zero-order valence-electron chi connectivity index (χ0n) is 8.65. The highest BCUT2D eigenvalue weighted by atomic mass is 16.2. The van der Waals surface area contributed by atoms with Crippen molar-refractivity contribution in [2.24, 2.45) is 0 Å². The van der Waals surface area contributed by atoms with Gasteiger partial charge in [0.1, 0.15) is 12.4 Å². The van der Waals surface area contributed by atoms with Gasteiger partial charge in [-0.05, 0) is 12.8 Å². The van der Waals surface area contributed by atoms with E-state index in [1.807, 2.05) is 0 Å². The number of aromatic nitrogens is 2. The Bertz CT molecular complexity index is 341. The highest BCUT2D eigenvalue weighted by Crippen LogP contribution is 2.17. The molecule has 5 nitrogen and oxygen atoms in total. The number of rotatable bonds is 3. The van der Waals surface area contributed by atoms with Crippen LogP contribution < -0.4 is 11.1 Å². The van der Waals surface area contributed by atoms with Gasteiger partial charge < -0.3 is 15.6 Å². The van der Waals surface area contributed by atoms with Crippen LogP contribution in [0.3, 0.4) is 0 Å². The zero-order chi connectivity index (χ0) is 10.7. The van der Waals surface area contributed by atoms with Crippen LogP contribution in [-0.4, -0.2) is 21.5 Å². The Morgan fingerprint density at radius 2 is 2.33 bits per heavy atom. The molecule has 1 aromatic heterocycles. The Morgan fingerprint density at radius 1 is 1.60 bits per heavy atom. The van der Waals surface area contributed by atoms with Crippen LogP contribution in [0.25, 0.3) is 0 Å². The van der Waals surface area contributed by atoms with E-state index in [9.17, 15) is 4.79 Å². The molecule has 0 radical (unpaired) electrons. The molecule has 0 aliphatic heterocycles. The van der Waals surface area contributed by atoms with E-state index in [0.717, 1.165) is 12.8 Å². The largest absolute Gasteiger partial charge is 0.382 e. The van der Waals surface area contributed by atoms with Gasteiger partial charge in [-0.25, -0.2) is 4.98 Å². The van der Waals surface area contributed by atoms with Crippen molar-refractivity contribution in [3.05, 3.63) is 12.5 Å². The summed E-state index contributed by atoms with van der Waals surface area (Å²) in [5.41, 5.74) is 5.45. The van der Waals surface area contributed by atoms with Gasteiger partial charge in [0.2, 0.25) is 5.91 Å². The van der Waals surface area contributed by atoms with Crippen LogP contribution in [-0.2, 0) is 11.3 Å². The Hall–Kier alpha value is -1.52. The summed E-state index contributed by atoms with van der Waals surface area (Å²) in [6.07, 6.45) is 7.90. The third kappa shape index (κ3) is 2.71. The lowest BCUT2D eigenvalue weighted by Crippen LogP contribution is -2.34. The number of carbonyl (C=O) groups is 1. The van der Waals surface area contributed by atoms with Gasteiger partial charge in [-0.15, -0.1) is 0 Å². The van der Waals surface area contributed by atoms with Crippen molar-refractivity contribution in [2.75, 3.05) is 5.73 Å². The lowest BCUT2D eigenvalue weighted by molar-refractivity contribution is -0.122. The van der Waals surface area contributed by atoms with Gasteiger partial charge in [0, 0.05) is 12.2 Å². The van der Waals surface area contributed by atoms with Gasteiger partial charge in [0.25, 0.3) is 0 Å². The second kappa shape index (κ2) is 4.33. The summed E-state index contributed by atoms with van der Waals surface area (Å²) in [4.78, 5) is 15.4. The Balaban J connectivity index is 1.81. The quantitative estimate of drug-likeness (QED) is 0.760. The lowest BCUT2D eigenvalue weighted by Gasteiger charge is -2.11. The van der Waals surface area contributed by atoms with Crippen LogP contribution >= 0.6 is 0 Å². The molecule has 5 heteroatoms. The van der Waals surface area contributed by atoms with E-state index >= 15 is 0 Å². The molecule has 1 amide bonds. The molecular weight excluding hydrogens is 192 g/mol. The van der Waals surface area contributed by atoms with Crippen molar-refractivity contribution >= 4 is 11.7 Å². The summed E-state index contributed by atoms with van der Waals surface area (Å²) in [6, 6.07) is 0.373. The molecule has 1 saturated carbocycles. The average Bonchev–Trinajstić information content (AvgIpc) is 2.77. The molecule has 1 aromatic rings. The molecule has 1 fully saturated rings. The second-order valence-corrected chi connectivity index (χ2v) is 4.02. The summed E-state index contributed by atoms with van der Waals surface area (Å²) < 4.78 is 1.69. The van der Waals surface area contributed by atoms with E-state index < -0.39 is 0 Å². The van der Waals surface area contributed by atoms with E-state index in [1.165, 1.54) is 12.8 Å². The smallest absolute Gasteiger partial charge is 0.240 e. The fourth-order valence-corrected chi connectivity index (χ4v) is 1.97. The molecule has 1 aliphatic rings. The number of carbonyl (C=O) groups excluding carboxylic acids is 1. The summed E-state index contributed by atoms with van der Waals surface area (Å²) in [5.74, 6) is 0.489. The fourth-order valence-electron chi connectivity index (χ4n) is 1.97. The topological polar surface area (TPSA) is 72.9 Å². The number of nitrogens with two attached hydrogens (primary N) is 1. The molecule has 0 unspecified atom stereocenters. The predicted molar refractivity (Wildman–Crippen MR) is 57.0 cm³/mol. The highest BCUT2D eigenvalue weighted by Gasteiger charge is 2.16. The van der Waals surface area contributed by atoms with E-state index in [4.69, 9.17) is 5.73 Å². The number of hydrogen-bond acceptors (Lipinski definition) is 3. The molecule has 1 heterocycles. The zero-order valence-corrected chi connectivity index (χ0v) is 8.65. The van der Waals surface area contributed by atoms with Gasteiger partial charge in [-0.2, -0.15) is 0 Å². The van der Waals surface area contributed by atoms with Crippen LogP contribution in [0.1, 0.15) is 25.7 Å². The maximum absolute atomic E-state index is 11.6. The molecule has 0 bridgehead atoms.